The van der Waals surface area contributed by atoms with Crippen molar-refractivity contribution in [2.24, 2.45) is 11.8 Å². The quantitative estimate of drug-likeness (QED) is 0.803. The van der Waals surface area contributed by atoms with Crippen molar-refractivity contribution in [1.29, 1.82) is 0 Å². The Morgan fingerprint density at radius 1 is 1.30 bits per heavy atom. The van der Waals surface area contributed by atoms with Crippen molar-refractivity contribution in [2.75, 3.05) is 6.61 Å². The molecule has 2 heterocycles. The first-order valence-corrected chi connectivity index (χ1v) is 9.26. The van der Waals surface area contributed by atoms with Gasteiger partial charge in [-0.2, -0.15) is 0 Å². The van der Waals surface area contributed by atoms with Gasteiger partial charge < -0.3 is 14.4 Å². The van der Waals surface area contributed by atoms with Gasteiger partial charge in [0, 0.05) is 6.04 Å². The van der Waals surface area contributed by atoms with Crippen LogP contribution in [0.1, 0.15) is 37.9 Å². The summed E-state index contributed by atoms with van der Waals surface area (Å²) in [7, 11) is -4.42. The van der Waals surface area contributed by atoms with Crippen LogP contribution < -0.4 is 0 Å². The third kappa shape index (κ3) is 3.45. The lowest BCUT2D eigenvalue weighted by molar-refractivity contribution is 0.150. The van der Waals surface area contributed by atoms with Crippen LogP contribution in [0.5, 0.6) is 0 Å². The molecular formula is C14H21N4O4P. The minimum absolute atomic E-state index is 0.0833. The maximum absolute atomic E-state index is 10.9. The minimum Gasteiger partial charge on any atom is -0.312 e. The smallest absolute Gasteiger partial charge is 0.312 e. The second-order valence-electron chi connectivity index (χ2n) is 6.12. The Labute approximate surface area is 134 Å². The van der Waals surface area contributed by atoms with E-state index in [2.05, 4.69) is 26.4 Å². The Hall–Kier alpha value is -1.34. The highest BCUT2D eigenvalue weighted by Gasteiger charge is 2.36. The predicted molar refractivity (Wildman–Crippen MR) is 83.6 cm³/mol. The molecule has 126 valence electrons. The Kier molecular flexibility index (Phi) is 4.51. The summed E-state index contributed by atoms with van der Waals surface area (Å²) in [5, 5.41) is 0. The van der Waals surface area contributed by atoms with Gasteiger partial charge in [0.15, 0.2) is 5.65 Å². The molecule has 2 aromatic heterocycles. The Morgan fingerprint density at radius 3 is 2.74 bits per heavy atom. The topological polar surface area (TPSA) is 110 Å². The third-order valence-corrected chi connectivity index (χ3v) is 5.22. The van der Waals surface area contributed by atoms with Crippen molar-refractivity contribution in [3.8, 4) is 0 Å². The molecule has 1 saturated carbocycles. The van der Waals surface area contributed by atoms with Crippen LogP contribution in [0.3, 0.4) is 0 Å². The lowest BCUT2D eigenvalue weighted by Crippen LogP contribution is -2.13. The summed E-state index contributed by atoms with van der Waals surface area (Å²) in [6.45, 7) is 4.08. The fraction of sp³-hybridized carbons (Fsp3) is 0.643. The van der Waals surface area contributed by atoms with Gasteiger partial charge in [-0.1, -0.05) is 13.3 Å². The van der Waals surface area contributed by atoms with E-state index in [1.807, 2.05) is 6.92 Å². The van der Waals surface area contributed by atoms with Crippen LogP contribution in [0.25, 0.3) is 11.2 Å². The summed E-state index contributed by atoms with van der Waals surface area (Å²) in [6.07, 6.45) is 6.01. The summed E-state index contributed by atoms with van der Waals surface area (Å²) in [6, 6.07) is 0.213. The fourth-order valence-electron chi connectivity index (χ4n) is 3.54. The molecule has 23 heavy (non-hydrogen) atoms. The summed E-state index contributed by atoms with van der Waals surface area (Å²) in [5.74, 6) is 0.491. The maximum atomic E-state index is 10.9. The number of nitrogens with zero attached hydrogens (tertiary/aromatic N) is 4. The van der Waals surface area contributed by atoms with Crippen LogP contribution in [-0.2, 0) is 9.09 Å². The van der Waals surface area contributed by atoms with E-state index >= 15 is 0 Å². The fourth-order valence-corrected chi connectivity index (χ4v) is 3.93. The van der Waals surface area contributed by atoms with Gasteiger partial charge in [0.2, 0.25) is 0 Å². The maximum Gasteiger partial charge on any atom is 0.469 e. The highest BCUT2D eigenvalue weighted by atomic mass is 31.2. The number of imidazole rings is 1. The van der Waals surface area contributed by atoms with Gasteiger partial charge in [0.1, 0.15) is 11.8 Å². The van der Waals surface area contributed by atoms with E-state index in [1.165, 1.54) is 6.33 Å². The zero-order chi connectivity index (χ0) is 16.6. The number of phosphoric ester groups is 1. The minimum atomic E-state index is -4.42. The van der Waals surface area contributed by atoms with Crippen molar-refractivity contribution < 1.29 is 18.9 Å². The molecule has 0 spiro atoms. The second kappa shape index (κ2) is 6.28. The van der Waals surface area contributed by atoms with Crippen LogP contribution in [0.4, 0.5) is 0 Å². The SMILES string of the molecule is CC[C@@H]1C[C@H](n2cnc3c(C)ncnc32)C[C@@H]1COP(=O)(O)O. The largest absolute Gasteiger partial charge is 0.469 e. The van der Waals surface area contributed by atoms with E-state index in [0.717, 1.165) is 36.1 Å². The average molecular weight is 340 g/mol. The number of phosphoric acid groups is 1. The Morgan fingerprint density at radius 2 is 2.04 bits per heavy atom. The molecule has 8 nitrogen and oxygen atoms in total. The van der Waals surface area contributed by atoms with Crippen LogP contribution in [0.15, 0.2) is 12.7 Å². The number of fused-ring (bicyclic) bond motifs is 1. The molecule has 0 unspecified atom stereocenters. The van der Waals surface area contributed by atoms with Gasteiger partial charge in [0.05, 0.1) is 18.6 Å². The average Bonchev–Trinajstić information content (AvgIpc) is 3.08. The van der Waals surface area contributed by atoms with Gasteiger partial charge in [-0.15, -0.1) is 0 Å². The van der Waals surface area contributed by atoms with E-state index in [-0.39, 0.29) is 18.6 Å². The molecule has 1 aliphatic carbocycles. The first-order valence-electron chi connectivity index (χ1n) is 7.73. The van der Waals surface area contributed by atoms with Gasteiger partial charge >= 0.3 is 7.82 Å². The zero-order valence-corrected chi connectivity index (χ0v) is 14.1. The van der Waals surface area contributed by atoms with Crippen LogP contribution >= 0.6 is 7.82 Å². The zero-order valence-electron chi connectivity index (χ0n) is 13.2. The van der Waals surface area contributed by atoms with Crippen molar-refractivity contribution in [2.45, 2.75) is 39.2 Å². The van der Waals surface area contributed by atoms with E-state index in [0.29, 0.717) is 5.92 Å². The summed E-state index contributed by atoms with van der Waals surface area (Å²) in [4.78, 5) is 30.7. The third-order valence-electron chi connectivity index (χ3n) is 4.73. The molecule has 2 N–H and O–H groups in total. The molecule has 1 fully saturated rings. The number of rotatable bonds is 5. The van der Waals surface area contributed by atoms with Gasteiger partial charge in [-0.3, -0.25) is 4.52 Å². The summed E-state index contributed by atoms with van der Waals surface area (Å²) >= 11 is 0. The van der Waals surface area contributed by atoms with E-state index in [1.54, 1.807) is 6.33 Å². The molecule has 9 heteroatoms. The molecule has 0 amide bonds. The lowest BCUT2D eigenvalue weighted by Gasteiger charge is -2.17. The van der Waals surface area contributed by atoms with Crippen LogP contribution in [0, 0.1) is 18.8 Å². The number of aryl methyl sites for hydroxylation is 1. The van der Waals surface area contributed by atoms with E-state index in [4.69, 9.17) is 14.3 Å². The highest BCUT2D eigenvalue weighted by Crippen LogP contribution is 2.45. The molecule has 2 aromatic rings. The molecule has 3 atom stereocenters. The van der Waals surface area contributed by atoms with E-state index in [9.17, 15) is 4.57 Å². The second-order valence-corrected chi connectivity index (χ2v) is 7.36. The van der Waals surface area contributed by atoms with Gasteiger partial charge in [-0.05, 0) is 31.6 Å². The van der Waals surface area contributed by atoms with Crippen molar-refractivity contribution >= 4 is 19.0 Å². The van der Waals surface area contributed by atoms with Gasteiger partial charge in [0.25, 0.3) is 0 Å². The molecular weight excluding hydrogens is 319 g/mol. The Balaban J connectivity index is 1.81. The predicted octanol–water partition coefficient (Wildman–Crippen LogP) is 2.22. The first-order chi connectivity index (χ1) is 10.9. The van der Waals surface area contributed by atoms with Crippen molar-refractivity contribution in [3.63, 3.8) is 0 Å². The normalized spacial score (nSPS) is 25.3. The molecule has 0 aliphatic heterocycles. The van der Waals surface area contributed by atoms with Crippen molar-refractivity contribution in [1.82, 2.24) is 19.5 Å². The standard InChI is InChI=1S/C14H21N4O4P/c1-3-10-4-12(5-11(10)6-22-23(19,20)21)18-8-17-13-9(2)15-7-16-14(13)18/h7-8,10-12H,3-6H2,1-2H3,(H2,19,20,21)/t10-,11-,12+/m1/s1. The molecule has 3 rings (SSSR count). The van der Waals surface area contributed by atoms with Gasteiger partial charge in [-0.25, -0.2) is 19.5 Å². The van der Waals surface area contributed by atoms with E-state index < -0.39 is 7.82 Å². The molecule has 0 saturated heterocycles. The lowest BCUT2D eigenvalue weighted by atomic mass is 9.95. The Bertz CT molecular complexity index is 743. The first kappa shape index (κ1) is 16.5. The monoisotopic (exact) mass is 340 g/mol. The highest BCUT2D eigenvalue weighted by molar-refractivity contribution is 7.46. The van der Waals surface area contributed by atoms with Crippen LogP contribution in [0.2, 0.25) is 0 Å². The summed E-state index contributed by atoms with van der Waals surface area (Å²) in [5.41, 5.74) is 2.46. The molecule has 0 bridgehead atoms. The number of hydrogen-bond donors (Lipinski definition) is 2. The molecule has 1 aliphatic rings. The number of hydrogen-bond acceptors (Lipinski definition) is 5. The van der Waals surface area contributed by atoms with Crippen molar-refractivity contribution in [3.05, 3.63) is 18.3 Å². The number of aromatic nitrogens is 4. The van der Waals surface area contributed by atoms with Crippen LogP contribution in [-0.4, -0.2) is 35.9 Å². The summed E-state index contributed by atoms with van der Waals surface area (Å²) < 4.78 is 17.7. The molecule has 0 aromatic carbocycles. The molecule has 0 radical (unpaired) electrons.